The number of carbonyl (C=O) groups is 1. The summed E-state index contributed by atoms with van der Waals surface area (Å²) in [6.07, 6.45) is 3.60. The Bertz CT molecular complexity index is 243. The Kier molecular flexibility index (Phi) is 7.62. The van der Waals surface area contributed by atoms with E-state index in [0.717, 1.165) is 19.3 Å². The molecule has 0 saturated carbocycles. The molecule has 0 aromatic carbocycles. The fraction of sp³-hybridized carbons (Fsp3) is 0.846. The Morgan fingerprint density at radius 3 is 2.31 bits per heavy atom. The third-order valence-electron chi connectivity index (χ3n) is 2.62. The lowest BCUT2D eigenvalue weighted by Crippen LogP contribution is -2.37. The second kappa shape index (κ2) is 8.15. The zero-order chi connectivity index (χ0) is 12.6. The van der Waals surface area contributed by atoms with Crippen molar-refractivity contribution in [1.82, 2.24) is 5.32 Å². The molecule has 0 radical (unpaired) electrons. The van der Waals surface area contributed by atoms with Crippen LogP contribution in [0.3, 0.4) is 0 Å². The number of amides is 1. The topological polar surface area (TPSA) is 52.9 Å². The predicted molar refractivity (Wildman–Crippen MR) is 65.7 cm³/mol. The van der Waals surface area contributed by atoms with Gasteiger partial charge in [-0.1, -0.05) is 27.2 Å². The Hall–Kier alpha value is -1.04. The number of carbonyl (C=O) groups excluding carboxylic acids is 1. The third-order valence-corrected chi connectivity index (χ3v) is 2.62. The van der Waals surface area contributed by atoms with Crippen LogP contribution >= 0.6 is 0 Å². The van der Waals surface area contributed by atoms with Crippen molar-refractivity contribution < 1.29 is 4.79 Å². The van der Waals surface area contributed by atoms with E-state index in [4.69, 9.17) is 5.26 Å². The van der Waals surface area contributed by atoms with Gasteiger partial charge < -0.3 is 5.32 Å². The van der Waals surface area contributed by atoms with Crippen LogP contribution in [0.25, 0.3) is 0 Å². The van der Waals surface area contributed by atoms with Gasteiger partial charge >= 0.3 is 0 Å². The minimum absolute atomic E-state index is 0.111. The lowest BCUT2D eigenvalue weighted by atomic mass is 10.0. The van der Waals surface area contributed by atoms with E-state index in [1.54, 1.807) is 0 Å². The number of rotatable bonds is 7. The minimum Gasteiger partial charge on any atom is -0.353 e. The van der Waals surface area contributed by atoms with Gasteiger partial charge in [-0.05, 0) is 32.1 Å². The third kappa shape index (κ3) is 6.44. The summed E-state index contributed by atoms with van der Waals surface area (Å²) in [7, 11) is 0. The largest absolute Gasteiger partial charge is 0.353 e. The maximum Gasteiger partial charge on any atom is 0.237 e. The van der Waals surface area contributed by atoms with Crippen molar-refractivity contribution in [3.63, 3.8) is 0 Å². The second-order valence-corrected chi connectivity index (χ2v) is 4.85. The first-order valence-corrected chi connectivity index (χ1v) is 6.21. The molecule has 0 bridgehead atoms. The summed E-state index contributed by atoms with van der Waals surface area (Å²) in [5.41, 5.74) is 0. The van der Waals surface area contributed by atoms with Gasteiger partial charge in [0.1, 0.15) is 5.92 Å². The molecule has 1 amide bonds. The van der Waals surface area contributed by atoms with Gasteiger partial charge in [0.2, 0.25) is 5.91 Å². The van der Waals surface area contributed by atoms with Crippen LogP contribution in [-0.2, 0) is 4.79 Å². The van der Waals surface area contributed by atoms with E-state index in [1.807, 2.05) is 13.8 Å². The number of nitrogens with one attached hydrogen (secondary N) is 1. The Labute approximate surface area is 99.2 Å². The average molecular weight is 224 g/mol. The molecule has 0 spiro atoms. The van der Waals surface area contributed by atoms with Crippen LogP contribution < -0.4 is 5.32 Å². The highest BCUT2D eigenvalue weighted by atomic mass is 16.1. The Morgan fingerprint density at radius 2 is 1.88 bits per heavy atom. The lowest BCUT2D eigenvalue weighted by molar-refractivity contribution is -0.124. The van der Waals surface area contributed by atoms with Crippen LogP contribution in [-0.4, -0.2) is 11.9 Å². The molecule has 2 unspecified atom stereocenters. The smallest absolute Gasteiger partial charge is 0.237 e. The van der Waals surface area contributed by atoms with Gasteiger partial charge in [0.15, 0.2) is 0 Å². The maximum atomic E-state index is 11.7. The highest BCUT2D eigenvalue weighted by Gasteiger charge is 2.18. The standard InChI is InChI=1S/C13H24N2O/c1-5-6-12(9-14)13(16)15-11(4)8-7-10(2)3/h10-12H,5-8H2,1-4H3,(H,15,16). The van der Waals surface area contributed by atoms with Crippen molar-refractivity contribution in [1.29, 1.82) is 5.26 Å². The fourth-order valence-electron chi connectivity index (χ4n) is 1.54. The van der Waals surface area contributed by atoms with Crippen LogP contribution in [0, 0.1) is 23.2 Å². The van der Waals surface area contributed by atoms with Crippen molar-refractivity contribution in [2.75, 3.05) is 0 Å². The molecule has 2 atom stereocenters. The van der Waals surface area contributed by atoms with E-state index in [9.17, 15) is 4.79 Å². The molecule has 0 rings (SSSR count). The van der Waals surface area contributed by atoms with Crippen molar-refractivity contribution in [3.8, 4) is 6.07 Å². The molecule has 0 aliphatic rings. The number of nitriles is 1. The summed E-state index contributed by atoms with van der Waals surface area (Å²) < 4.78 is 0. The highest BCUT2D eigenvalue weighted by molar-refractivity contribution is 5.81. The quantitative estimate of drug-likeness (QED) is 0.723. The molecule has 0 fully saturated rings. The Balaban J connectivity index is 3.97. The number of hydrogen-bond donors (Lipinski definition) is 1. The van der Waals surface area contributed by atoms with Gasteiger partial charge in [0.25, 0.3) is 0 Å². The van der Waals surface area contributed by atoms with Crippen molar-refractivity contribution in [2.45, 2.75) is 59.4 Å². The first-order chi connectivity index (χ1) is 7.51. The van der Waals surface area contributed by atoms with Crippen molar-refractivity contribution in [2.24, 2.45) is 11.8 Å². The van der Waals surface area contributed by atoms with Gasteiger partial charge in [0.05, 0.1) is 6.07 Å². The van der Waals surface area contributed by atoms with E-state index in [2.05, 4.69) is 25.2 Å². The van der Waals surface area contributed by atoms with Crippen molar-refractivity contribution in [3.05, 3.63) is 0 Å². The van der Waals surface area contributed by atoms with Gasteiger partial charge in [-0.2, -0.15) is 5.26 Å². The normalized spacial score (nSPS) is 14.2. The summed E-state index contributed by atoms with van der Waals surface area (Å²) in [5, 5.41) is 11.8. The summed E-state index contributed by atoms with van der Waals surface area (Å²) in [6, 6.07) is 2.23. The Morgan fingerprint density at radius 1 is 1.25 bits per heavy atom. The summed E-state index contributed by atoms with van der Waals surface area (Å²) in [5.74, 6) is 0.0638. The van der Waals surface area contributed by atoms with Gasteiger partial charge in [0, 0.05) is 6.04 Å². The van der Waals surface area contributed by atoms with Crippen molar-refractivity contribution >= 4 is 5.91 Å². The van der Waals surface area contributed by atoms with Crippen LogP contribution in [0.2, 0.25) is 0 Å². The summed E-state index contributed by atoms with van der Waals surface area (Å²) in [4.78, 5) is 11.7. The molecule has 3 heteroatoms. The molecule has 0 aliphatic heterocycles. The summed E-state index contributed by atoms with van der Waals surface area (Å²) in [6.45, 7) is 8.33. The van der Waals surface area contributed by atoms with Crippen LogP contribution in [0.15, 0.2) is 0 Å². The highest BCUT2D eigenvalue weighted by Crippen LogP contribution is 2.09. The lowest BCUT2D eigenvalue weighted by Gasteiger charge is -2.16. The molecule has 16 heavy (non-hydrogen) atoms. The van der Waals surface area contributed by atoms with Crippen LogP contribution in [0.1, 0.15) is 53.4 Å². The fourth-order valence-corrected chi connectivity index (χ4v) is 1.54. The number of nitrogens with zero attached hydrogens (tertiary/aromatic N) is 1. The second-order valence-electron chi connectivity index (χ2n) is 4.85. The molecule has 3 nitrogen and oxygen atoms in total. The maximum absolute atomic E-state index is 11.7. The zero-order valence-electron chi connectivity index (χ0n) is 10.9. The van der Waals surface area contributed by atoms with E-state index >= 15 is 0 Å². The molecular formula is C13H24N2O. The molecule has 0 aromatic heterocycles. The average Bonchev–Trinajstić information content (AvgIpc) is 2.22. The molecule has 0 aromatic rings. The molecular weight excluding hydrogens is 200 g/mol. The molecule has 0 heterocycles. The van der Waals surface area contributed by atoms with Crippen LogP contribution in [0.4, 0.5) is 0 Å². The first-order valence-electron chi connectivity index (χ1n) is 6.21. The SMILES string of the molecule is CCCC(C#N)C(=O)NC(C)CCC(C)C. The zero-order valence-corrected chi connectivity index (χ0v) is 10.9. The molecule has 1 N–H and O–H groups in total. The van der Waals surface area contributed by atoms with E-state index in [-0.39, 0.29) is 11.9 Å². The van der Waals surface area contributed by atoms with Gasteiger partial charge in [-0.15, -0.1) is 0 Å². The van der Waals surface area contributed by atoms with E-state index in [0.29, 0.717) is 12.3 Å². The van der Waals surface area contributed by atoms with Gasteiger partial charge in [-0.25, -0.2) is 0 Å². The van der Waals surface area contributed by atoms with Crippen LogP contribution in [0.5, 0.6) is 0 Å². The summed E-state index contributed by atoms with van der Waals surface area (Å²) >= 11 is 0. The van der Waals surface area contributed by atoms with E-state index < -0.39 is 5.92 Å². The van der Waals surface area contributed by atoms with E-state index in [1.165, 1.54) is 0 Å². The molecule has 0 aliphatic carbocycles. The van der Waals surface area contributed by atoms with Gasteiger partial charge in [-0.3, -0.25) is 4.79 Å². The first kappa shape index (κ1) is 15.0. The molecule has 0 saturated heterocycles. The molecule has 92 valence electrons. The number of hydrogen-bond acceptors (Lipinski definition) is 2. The minimum atomic E-state index is -0.480. The monoisotopic (exact) mass is 224 g/mol. The predicted octanol–water partition coefficient (Wildman–Crippen LogP) is 2.87.